The molecule has 0 radical (unpaired) electrons. The van der Waals surface area contributed by atoms with E-state index >= 15 is 0 Å². The van der Waals surface area contributed by atoms with Gasteiger partial charge in [0.2, 0.25) is 0 Å². The molecule has 10 heavy (non-hydrogen) atoms. The third-order valence-electron chi connectivity index (χ3n) is 2.28. The summed E-state index contributed by atoms with van der Waals surface area (Å²) in [4.78, 5) is 11.4. The van der Waals surface area contributed by atoms with Crippen LogP contribution in [0, 0.1) is 11.8 Å². The zero-order valence-electron chi connectivity index (χ0n) is 4.98. The molecule has 2 aliphatic carbocycles. The van der Waals surface area contributed by atoms with Crippen LogP contribution in [-0.4, -0.2) is 13.8 Å². The Bertz CT molecular complexity index is 201. The van der Waals surface area contributed by atoms with Gasteiger partial charge in [-0.3, -0.25) is 4.79 Å². The fourth-order valence-electron chi connectivity index (χ4n) is 1.61. The second-order valence-electron chi connectivity index (χ2n) is 2.86. The van der Waals surface area contributed by atoms with Crippen LogP contribution in [0.25, 0.3) is 0 Å². The van der Waals surface area contributed by atoms with Gasteiger partial charge < -0.3 is 0 Å². The van der Waals surface area contributed by atoms with Crippen molar-refractivity contribution in [3.8, 4) is 0 Å². The number of Topliss-reactive ketones (excluding diaryl/α,β-unsaturated/α-hetero) is 1. The summed E-state index contributed by atoms with van der Waals surface area (Å²) < 4.78 is -0.0403. The van der Waals surface area contributed by atoms with E-state index in [1.807, 2.05) is 0 Å². The first-order chi connectivity index (χ1) is 4.55. The first-order valence-corrected chi connectivity index (χ1v) is 5.61. The average Bonchev–Trinajstić information content (AvgIpc) is 2.12. The molecule has 0 aliphatic heterocycles. The molecule has 3 unspecified atom stereocenters. The van der Waals surface area contributed by atoms with Gasteiger partial charge in [-0.1, -0.05) is 47.8 Å². The summed E-state index contributed by atoms with van der Waals surface area (Å²) in [5.41, 5.74) is 0. The van der Waals surface area contributed by atoms with Crippen LogP contribution in [0.15, 0.2) is 0 Å². The molecule has 0 spiro atoms. The topological polar surface area (TPSA) is 17.1 Å². The molecule has 2 saturated carbocycles. The number of fused-ring (bicyclic) bond motifs is 1. The van der Waals surface area contributed by atoms with Crippen molar-refractivity contribution in [2.45, 2.75) is 14.5 Å². The van der Waals surface area contributed by atoms with Gasteiger partial charge in [0.1, 0.15) is 0 Å². The van der Waals surface area contributed by atoms with Crippen LogP contribution in [0.1, 0.15) is 6.42 Å². The Morgan fingerprint density at radius 1 is 1.50 bits per heavy atom. The van der Waals surface area contributed by atoms with Gasteiger partial charge in [-0.05, 0) is 12.3 Å². The molecule has 0 aromatic rings. The van der Waals surface area contributed by atoms with Crippen molar-refractivity contribution in [2.75, 3.05) is 0 Å². The average molecular weight is 333 g/mol. The van der Waals surface area contributed by atoms with Crippen LogP contribution in [0.3, 0.4) is 0 Å². The SMILES string of the molecule is O=C1C(Br)CC2C1C2(Br)Br. The van der Waals surface area contributed by atoms with Crippen LogP contribution >= 0.6 is 47.8 Å². The Labute approximate surface area is 84.3 Å². The lowest BCUT2D eigenvalue weighted by Crippen LogP contribution is -2.15. The highest BCUT2D eigenvalue weighted by molar-refractivity contribution is 9.25. The van der Waals surface area contributed by atoms with Gasteiger partial charge in [-0.25, -0.2) is 0 Å². The van der Waals surface area contributed by atoms with Gasteiger partial charge in [0, 0.05) is 5.92 Å². The standard InChI is InChI=1S/C6H5Br3O/c7-3-1-2-4(5(3)10)6(2,8)9/h2-4H,1H2. The minimum absolute atomic E-state index is 0.0403. The van der Waals surface area contributed by atoms with Crippen LogP contribution < -0.4 is 0 Å². The molecule has 0 bridgehead atoms. The third-order valence-corrected chi connectivity index (χ3v) is 5.27. The molecule has 0 aromatic carbocycles. The van der Waals surface area contributed by atoms with Crippen LogP contribution in [-0.2, 0) is 4.79 Å². The predicted octanol–water partition coefficient (Wildman–Crippen LogP) is 2.45. The van der Waals surface area contributed by atoms with Crippen molar-refractivity contribution < 1.29 is 4.79 Å². The van der Waals surface area contributed by atoms with Crippen molar-refractivity contribution in [2.24, 2.45) is 11.8 Å². The minimum atomic E-state index is -0.0403. The van der Waals surface area contributed by atoms with Gasteiger partial charge in [-0.2, -0.15) is 0 Å². The van der Waals surface area contributed by atoms with Gasteiger partial charge in [-0.15, -0.1) is 0 Å². The maximum absolute atomic E-state index is 11.3. The fraction of sp³-hybridized carbons (Fsp3) is 0.833. The second kappa shape index (κ2) is 2.07. The van der Waals surface area contributed by atoms with E-state index in [4.69, 9.17) is 0 Å². The van der Waals surface area contributed by atoms with Gasteiger partial charge in [0.15, 0.2) is 5.78 Å². The Morgan fingerprint density at radius 2 is 2.10 bits per heavy atom. The van der Waals surface area contributed by atoms with E-state index in [0.29, 0.717) is 11.7 Å². The zero-order chi connectivity index (χ0) is 7.52. The molecule has 0 saturated heterocycles. The highest BCUT2D eigenvalue weighted by Gasteiger charge is 2.70. The van der Waals surface area contributed by atoms with Gasteiger partial charge in [0.25, 0.3) is 0 Å². The number of alkyl halides is 3. The Hall–Kier alpha value is 1.11. The number of rotatable bonds is 0. The lowest BCUT2D eigenvalue weighted by atomic mass is 10.2. The van der Waals surface area contributed by atoms with Crippen molar-refractivity contribution in [1.29, 1.82) is 0 Å². The number of ketones is 1. The lowest BCUT2D eigenvalue weighted by molar-refractivity contribution is -0.118. The molecule has 2 aliphatic rings. The van der Waals surface area contributed by atoms with E-state index in [2.05, 4.69) is 47.8 Å². The Kier molecular flexibility index (Phi) is 1.61. The highest BCUT2D eigenvalue weighted by atomic mass is 79.9. The second-order valence-corrected chi connectivity index (χ2v) is 7.66. The van der Waals surface area contributed by atoms with Crippen LogP contribution in [0.2, 0.25) is 0 Å². The number of carbonyl (C=O) groups is 1. The summed E-state index contributed by atoms with van der Waals surface area (Å²) in [6.45, 7) is 0. The zero-order valence-corrected chi connectivity index (χ0v) is 9.74. The van der Waals surface area contributed by atoms with E-state index in [-0.39, 0.29) is 14.0 Å². The van der Waals surface area contributed by atoms with Crippen molar-refractivity contribution >= 4 is 53.6 Å². The Morgan fingerprint density at radius 3 is 2.40 bits per heavy atom. The highest BCUT2D eigenvalue weighted by Crippen LogP contribution is 2.68. The first kappa shape index (κ1) is 7.74. The van der Waals surface area contributed by atoms with E-state index in [1.54, 1.807) is 0 Å². The summed E-state index contributed by atoms with van der Waals surface area (Å²) in [7, 11) is 0. The normalized spacial score (nSPS) is 49.1. The largest absolute Gasteiger partial charge is 0.298 e. The molecule has 2 rings (SSSR count). The van der Waals surface area contributed by atoms with Gasteiger partial charge in [0.05, 0.1) is 8.06 Å². The summed E-state index contributed by atoms with van der Waals surface area (Å²) in [6, 6.07) is 0. The monoisotopic (exact) mass is 330 g/mol. The Balaban J connectivity index is 2.21. The molecule has 3 atom stereocenters. The maximum atomic E-state index is 11.3. The van der Waals surface area contributed by atoms with Crippen molar-refractivity contribution in [3.05, 3.63) is 0 Å². The lowest BCUT2D eigenvalue weighted by Gasteiger charge is -2.06. The molecule has 56 valence electrons. The van der Waals surface area contributed by atoms with E-state index in [1.165, 1.54) is 0 Å². The van der Waals surface area contributed by atoms with E-state index in [0.717, 1.165) is 6.42 Å². The summed E-state index contributed by atoms with van der Waals surface area (Å²) in [5, 5.41) is 0. The van der Waals surface area contributed by atoms with Crippen molar-refractivity contribution in [3.63, 3.8) is 0 Å². The molecule has 0 amide bonds. The fourth-order valence-corrected chi connectivity index (χ4v) is 4.02. The van der Waals surface area contributed by atoms with E-state index < -0.39 is 0 Å². The first-order valence-electron chi connectivity index (χ1n) is 3.10. The summed E-state index contributed by atoms with van der Waals surface area (Å²) >= 11 is 10.3. The number of hydrogen-bond donors (Lipinski definition) is 0. The molecular weight excluding hydrogens is 328 g/mol. The predicted molar refractivity (Wildman–Crippen MR) is 49.9 cm³/mol. The number of carbonyl (C=O) groups excluding carboxylic acids is 1. The van der Waals surface area contributed by atoms with Crippen LogP contribution in [0.5, 0.6) is 0 Å². The summed E-state index contributed by atoms with van der Waals surface area (Å²) in [5.74, 6) is 1.08. The molecular formula is C6H5Br3O. The van der Waals surface area contributed by atoms with Crippen LogP contribution in [0.4, 0.5) is 0 Å². The quantitative estimate of drug-likeness (QED) is 0.623. The summed E-state index contributed by atoms with van der Waals surface area (Å²) in [6.07, 6.45) is 0.972. The molecule has 0 aromatic heterocycles. The molecule has 0 N–H and O–H groups in total. The number of halogens is 3. The van der Waals surface area contributed by atoms with Gasteiger partial charge >= 0.3 is 0 Å². The molecule has 0 heterocycles. The molecule has 1 nitrogen and oxygen atoms in total. The third kappa shape index (κ3) is 0.815. The van der Waals surface area contributed by atoms with Crippen molar-refractivity contribution in [1.82, 2.24) is 0 Å². The molecule has 2 fully saturated rings. The smallest absolute Gasteiger partial charge is 0.152 e. The van der Waals surface area contributed by atoms with E-state index in [9.17, 15) is 4.79 Å². The minimum Gasteiger partial charge on any atom is -0.298 e. The number of hydrogen-bond acceptors (Lipinski definition) is 1. The maximum Gasteiger partial charge on any atom is 0.152 e. The molecule has 4 heteroatoms.